The van der Waals surface area contributed by atoms with Crippen LogP contribution in [-0.2, 0) is 22.7 Å². The van der Waals surface area contributed by atoms with E-state index in [1.54, 1.807) is 18.3 Å². The third-order valence-electron chi connectivity index (χ3n) is 6.64. The number of rotatable bonds is 4. The monoisotopic (exact) mass is 450 g/mol. The first kappa shape index (κ1) is 21.2. The van der Waals surface area contributed by atoms with Crippen LogP contribution in [0.3, 0.4) is 0 Å². The minimum Gasteiger partial charge on any atom is -0.367 e. The van der Waals surface area contributed by atoms with Gasteiger partial charge in [-0.1, -0.05) is 0 Å². The number of nitrogens with zero attached hydrogens (tertiary/aromatic N) is 4. The Morgan fingerprint density at radius 2 is 1.94 bits per heavy atom. The maximum absolute atomic E-state index is 15.0. The molecule has 2 saturated heterocycles. The molecule has 0 aliphatic carbocycles. The second-order valence-corrected chi connectivity index (χ2v) is 8.61. The van der Waals surface area contributed by atoms with Crippen molar-refractivity contribution in [3.63, 3.8) is 0 Å². The molecule has 0 saturated carbocycles. The standard InChI is InChI=1S/C23H23FN6O3/c24-17-10-16-15(12-30(23(16)33)19-1-2-21(31)27-22(19)32)9-20(17)29-7-5-28(6-8-29)13-18-14(11-25)3-4-26-18/h3-4,9-10,19,26H,1-2,5-8,12-13H2,(H,27,31,32). The Bertz CT molecular complexity index is 1180. The number of amides is 3. The normalized spacial score (nSPS) is 21.2. The van der Waals surface area contributed by atoms with Crippen LogP contribution in [0.4, 0.5) is 10.1 Å². The average molecular weight is 450 g/mol. The molecule has 9 nitrogen and oxygen atoms in total. The van der Waals surface area contributed by atoms with Gasteiger partial charge in [-0.2, -0.15) is 5.26 Å². The molecule has 2 aromatic rings. The highest BCUT2D eigenvalue weighted by molar-refractivity contribution is 6.05. The van der Waals surface area contributed by atoms with Crippen LogP contribution in [0, 0.1) is 17.1 Å². The van der Waals surface area contributed by atoms with Crippen molar-refractivity contribution in [3.05, 3.63) is 52.6 Å². The number of aromatic amines is 1. The fourth-order valence-corrected chi connectivity index (χ4v) is 4.83. The zero-order valence-electron chi connectivity index (χ0n) is 17.9. The molecule has 0 spiro atoms. The highest BCUT2D eigenvalue weighted by atomic mass is 19.1. The van der Waals surface area contributed by atoms with Gasteiger partial charge in [-0.05, 0) is 30.2 Å². The zero-order chi connectivity index (χ0) is 23.1. The number of H-pyrrole nitrogens is 1. The number of hydrogen-bond donors (Lipinski definition) is 2. The van der Waals surface area contributed by atoms with Gasteiger partial charge in [0.05, 0.1) is 11.3 Å². The Balaban J connectivity index is 1.28. The number of fused-ring (bicyclic) bond motifs is 1. The van der Waals surface area contributed by atoms with Gasteiger partial charge in [-0.15, -0.1) is 0 Å². The molecule has 0 bridgehead atoms. The number of anilines is 1. The van der Waals surface area contributed by atoms with E-state index >= 15 is 4.39 Å². The van der Waals surface area contributed by atoms with Gasteiger partial charge in [0.2, 0.25) is 11.8 Å². The van der Waals surface area contributed by atoms with Gasteiger partial charge in [0.15, 0.2) is 0 Å². The minimum absolute atomic E-state index is 0.179. The van der Waals surface area contributed by atoms with E-state index in [4.69, 9.17) is 0 Å². The Morgan fingerprint density at radius 1 is 1.15 bits per heavy atom. The zero-order valence-corrected chi connectivity index (χ0v) is 17.9. The third-order valence-corrected chi connectivity index (χ3v) is 6.64. The van der Waals surface area contributed by atoms with Crippen molar-refractivity contribution < 1.29 is 18.8 Å². The van der Waals surface area contributed by atoms with Crippen LogP contribution in [-0.4, -0.2) is 64.7 Å². The van der Waals surface area contributed by atoms with E-state index in [9.17, 15) is 19.6 Å². The lowest BCUT2D eigenvalue weighted by atomic mass is 10.0. The number of nitriles is 1. The molecule has 33 heavy (non-hydrogen) atoms. The van der Waals surface area contributed by atoms with Crippen LogP contribution in [0.2, 0.25) is 0 Å². The van der Waals surface area contributed by atoms with Crippen molar-refractivity contribution in [2.45, 2.75) is 32.0 Å². The number of carbonyl (C=O) groups is 3. The Hall–Kier alpha value is -3.71. The fraction of sp³-hybridized carbons (Fsp3) is 0.391. The van der Waals surface area contributed by atoms with Gasteiger partial charge in [-0.3, -0.25) is 24.6 Å². The molecule has 0 radical (unpaired) electrons. The van der Waals surface area contributed by atoms with Crippen molar-refractivity contribution in [2.75, 3.05) is 31.1 Å². The van der Waals surface area contributed by atoms with Crippen molar-refractivity contribution >= 4 is 23.4 Å². The van der Waals surface area contributed by atoms with Crippen LogP contribution in [0.25, 0.3) is 0 Å². The molecule has 2 fully saturated rings. The van der Waals surface area contributed by atoms with E-state index < -0.39 is 17.8 Å². The largest absolute Gasteiger partial charge is 0.367 e. The predicted molar refractivity (Wildman–Crippen MR) is 115 cm³/mol. The number of aromatic nitrogens is 1. The molecule has 3 aliphatic heterocycles. The number of piperazine rings is 1. The minimum atomic E-state index is -0.719. The van der Waals surface area contributed by atoms with Gasteiger partial charge in [0, 0.05) is 63.1 Å². The van der Waals surface area contributed by atoms with Gasteiger partial charge in [-0.25, -0.2) is 4.39 Å². The molecule has 2 N–H and O–H groups in total. The van der Waals surface area contributed by atoms with Crippen LogP contribution in [0.1, 0.15) is 40.0 Å². The number of imide groups is 1. The molecule has 5 rings (SSSR count). The van der Waals surface area contributed by atoms with E-state index in [1.807, 2.05) is 4.90 Å². The summed E-state index contributed by atoms with van der Waals surface area (Å²) in [5, 5.41) is 11.5. The first-order chi connectivity index (χ1) is 15.9. The molecule has 170 valence electrons. The SMILES string of the molecule is N#Cc1cc[nH]c1CN1CCN(c2cc3c(cc2F)C(=O)N(C2CCC(=O)NC2=O)C3)CC1. The number of benzene rings is 1. The summed E-state index contributed by atoms with van der Waals surface area (Å²) in [5.74, 6) is -1.66. The number of piperidine rings is 1. The predicted octanol–water partition coefficient (Wildman–Crippen LogP) is 1.11. The molecule has 1 aromatic carbocycles. The summed E-state index contributed by atoms with van der Waals surface area (Å²) in [4.78, 5) is 45.2. The van der Waals surface area contributed by atoms with Crippen LogP contribution >= 0.6 is 0 Å². The van der Waals surface area contributed by atoms with Crippen LogP contribution in [0.15, 0.2) is 24.4 Å². The first-order valence-corrected chi connectivity index (χ1v) is 11.0. The maximum atomic E-state index is 15.0. The fourth-order valence-electron chi connectivity index (χ4n) is 4.83. The Morgan fingerprint density at radius 3 is 2.67 bits per heavy atom. The molecule has 3 amide bonds. The average Bonchev–Trinajstić information content (AvgIpc) is 3.38. The van der Waals surface area contributed by atoms with Crippen molar-refractivity contribution in [2.24, 2.45) is 0 Å². The number of halogens is 1. The van der Waals surface area contributed by atoms with Gasteiger partial charge < -0.3 is 14.8 Å². The number of hydrogen-bond acceptors (Lipinski definition) is 6. The summed E-state index contributed by atoms with van der Waals surface area (Å²) in [5.41, 5.74) is 2.92. The molecular formula is C23H23FN6O3. The second kappa shape index (κ2) is 8.33. The smallest absolute Gasteiger partial charge is 0.255 e. The molecule has 1 unspecified atom stereocenters. The summed E-state index contributed by atoms with van der Waals surface area (Å²) in [6, 6.07) is 6.19. The topological polar surface area (TPSA) is 113 Å². The molecular weight excluding hydrogens is 427 g/mol. The summed E-state index contributed by atoms with van der Waals surface area (Å²) < 4.78 is 15.0. The van der Waals surface area contributed by atoms with Gasteiger partial charge in [0.25, 0.3) is 5.91 Å². The Kier molecular flexibility index (Phi) is 5.34. The van der Waals surface area contributed by atoms with E-state index in [2.05, 4.69) is 21.3 Å². The van der Waals surface area contributed by atoms with E-state index in [-0.39, 0.29) is 36.8 Å². The van der Waals surface area contributed by atoms with Gasteiger partial charge in [0.1, 0.15) is 17.9 Å². The summed E-state index contributed by atoms with van der Waals surface area (Å²) >= 11 is 0. The third kappa shape index (κ3) is 3.85. The van der Waals surface area contributed by atoms with E-state index in [1.165, 1.54) is 11.0 Å². The molecule has 1 aromatic heterocycles. The van der Waals surface area contributed by atoms with E-state index in [0.717, 1.165) is 5.69 Å². The van der Waals surface area contributed by atoms with Crippen molar-refractivity contribution in [1.82, 2.24) is 20.1 Å². The highest BCUT2D eigenvalue weighted by Crippen LogP contribution is 2.33. The van der Waals surface area contributed by atoms with Gasteiger partial charge >= 0.3 is 0 Å². The van der Waals surface area contributed by atoms with Crippen LogP contribution < -0.4 is 10.2 Å². The van der Waals surface area contributed by atoms with E-state index in [0.29, 0.717) is 49.5 Å². The molecule has 10 heteroatoms. The van der Waals surface area contributed by atoms with Crippen molar-refractivity contribution in [1.29, 1.82) is 5.26 Å². The lowest BCUT2D eigenvalue weighted by Gasteiger charge is -2.36. The van der Waals surface area contributed by atoms with Crippen molar-refractivity contribution in [3.8, 4) is 6.07 Å². The molecule has 4 heterocycles. The molecule has 3 aliphatic rings. The summed E-state index contributed by atoms with van der Waals surface area (Å²) in [6.45, 7) is 3.50. The summed E-state index contributed by atoms with van der Waals surface area (Å²) in [7, 11) is 0. The highest BCUT2D eigenvalue weighted by Gasteiger charge is 2.40. The number of nitrogens with one attached hydrogen (secondary N) is 2. The molecule has 1 atom stereocenters. The maximum Gasteiger partial charge on any atom is 0.255 e. The summed E-state index contributed by atoms with van der Waals surface area (Å²) in [6.07, 6.45) is 2.21. The van der Waals surface area contributed by atoms with Crippen LogP contribution in [0.5, 0.6) is 0 Å². The second-order valence-electron chi connectivity index (χ2n) is 8.61. The Labute approximate surface area is 189 Å². The quantitative estimate of drug-likeness (QED) is 0.675. The number of carbonyl (C=O) groups excluding carboxylic acids is 3. The lowest BCUT2D eigenvalue weighted by Crippen LogP contribution is -2.52. The lowest BCUT2D eigenvalue weighted by molar-refractivity contribution is -0.136. The first-order valence-electron chi connectivity index (χ1n) is 11.0.